The summed E-state index contributed by atoms with van der Waals surface area (Å²) in [7, 11) is 0. The van der Waals surface area contributed by atoms with Crippen LogP contribution in [0.3, 0.4) is 0 Å². The first kappa shape index (κ1) is 14.9. The van der Waals surface area contributed by atoms with Crippen molar-refractivity contribution in [2.45, 2.75) is 38.3 Å². The fraction of sp³-hybridized carbons (Fsp3) is 0.412. The number of anilines is 1. The summed E-state index contributed by atoms with van der Waals surface area (Å²) in [4.78, 5) is 8.00. The van der Waals surface area contributed by atoms with Crippen molar-refractivity contribution in [3.63, 3.8) is 0 Å². The Labute approximate surface area is 129 Å². The zero-order valence-corrected chi connectivity index (χ0v) is 12.6. The number of halogens is 1. The summed E-state index contributed by atoms with van der Waals surface area (Å²) in [5.74, 6) is -0.0432. The molecule has 0 unspecified atom stereocenters. The summed E-state index contributed by atoms with van der Waals surface area (Å²) in [6.07, 6.45) is 3.66. The number of rotatable bonds is 4. The molecule has 0 bridgehead atoms. The summed E-state index contributed by atoms with van der Waals surface area (Å²) in [6.45, 7) is 2.54. The lowest BCUT2D eigenvalue weighted by atomic mass is 9.97. The van der Waals surface area contributed by atoms with Crippen LogP contribution in [0.1, 0.15) is 37.1 Å². The van der Waals surface area contributed by atoms with Crippen LogP contribution in [0.4, 0.5) is 10.2 Å². The van der Waals surface area contributed by atoms with Crippen LogP contribution in [0.2, 0.25) is 0 Å². The van der Waals surface area contributed by atoms with Crippen molar-refractivity contribution in [2.24, 2.45) is 0 Å². The Hall–Kier alpha value is -2.01. The molecule has 2 aromatic rings. The molecular weight excluding hydrogens is 281 g/mol. The normalized spacial score (nSPS) is 21.5. The highest BCUT2D eigenvalue weighted by atomic mass is 19.1. The quantitative estimate of drug-likeness (QED) is 0.938. The van der Waals surface area contributed by atoms with Crippen LogP contribution in [-0.4, -0.2) is 22.6 Å². The summed E-state index contributed by atoms with van der Waals surface area (Å²) >= 11 is 0. The number of aromatic nitrogens is 2. The van der Waals surface area contributed by atoms with Gasteiger partial charge in [-0.1, -0.05) is 37.3 Å². The highest BCUT2D eigenvalue weighted by Gasteiger charge is 2.25. The topological polar surface area (TPSA) is 47.0 Å². The average molecular weight is 301 g/mol. The molecule has 3 rings (SSSR count). The van der Waals surface area contributed by atoms with Crippen molar-refractivity contribution >= 4 is 5.82 Å². The molecule has 1 aliphatic rings. The highest BCUT2D eigenvalue weighted by molar-refractivity contribution is 5.38. The Morgan fingerprint density at radius 3 is 2.86 bits per heavy atom. The third-order valence-corrected chi connectivity index (χ3v) is 3.99. The van der Waals surface area contributed by atoms with Gasteiger partial charge in [0.25, 0.3) is 0 Å². The standard InChI is InChI=1S/C17H20FN3O/c1-2-14-16(18)17(20-11-19-14)21-13-8-9-22-15(10-13)12-6-4-3-5-7-12/h3-7,11,13,15H,2,8-10H2,1H3,(H,19,20,21)/t13-,15+/m1/s1. The number of hydrogen-bond acceptors (Lipinski definition) is 4. The molecule has 1 aromatic carbocycles. The van der Waals surface area contributed by atoms with E-state index in [4.69, 9.17) is 4.74 Å². The number of nitrogens with one attached hydrogen (secondary N) is 1. The lowest BCUT2D eigenvalue weighted by molar-refractivity contribution is 0.00969. The third kappa shape index (κ3) is 3.25. The van der Waals surface area contributed by atoms with E-state index in [1.54, 1.807) is 0 Å². The predicted octanol–water partition coefficient (Wildman–Crippen LogP) is 3.51. The van der Waals surface area contributed by atoms with Gasteiger partial charge in [-0.25, -0.2) is 14.4 Å². The van der Waals surface area contributed by atoms with Gasteiger partial charge in [-0.15, -0.1) is 0 Å². The van der Waals surface area contributed by atoms with Crippen LogP contribution < -0.4 is 5.32 Å². The first-order chi connectivity index (χ1) is 10.8. The van der Waals surface area contributed by atoms with Gasteiger partial charge in [0, 0.05) is 12.6 Å². The van der Waals surface area contributed by atoms with Gasteiger partial charge in [-0.2, -0.15) is 0 Å². The van der Waals surface area contributed by atoms with Crippen molar-refractivity contribution in [3.05, 3.63) is 53.7 Å². The molecule has 1 saturated heterocycles. The molecule has 2 heterocycles. The summed E-state index contributed by atoms with van der Waals surface area (Å²) in [5.41, 5.74) is 1.61. The van der Waals surface area contributed by atoms with Gasteiger partial charge in [-0.05, 0) is 24.8 Å². The second-order valence-corrected chi connectivity index (χ2v) is 5.47. The van der Waals surface area contributed by atoms with E-state index in [0.29, 0.717) is 24.5 Å². The summed E-state index contributed by atoms with van der Waals surface area (Å²) < 4.78 is 20.1. The van der Waals surface area contributed by atoms with Crippen LogP contribution in [-0.2, 0) is 11.2 Å². The summed E-state index contributed by atoms with van der Waals surface area (Å²) in [5, 5.41) is 3.22. The molecule has 4 nitrogen and oxygen atoms in total. The molecule has 0 spiro atoms. The second kappa shape index (κ2) is 6.83. The van der Waals surface area contributed by atoms with E-state index in [1.807, 2.05) is 25.1 Å². The van der Waals surface area contributed by atoms with E-state index in [0.717, 1.165) is 18.4 Å². The monoisotopic (exact) mass is 301 g/mol. The van der Waals surface area contributed by atoms with Gasteiger partial charge < -0.3 is 10.1 Å². The SMILES string of the molecule is CCc1ncnc(N[C@@H]2CCO[C@H](c3ccccc3)C2)c1F. The molecule has 116 valence electrons. The molecule has 0 aliphatic carbocycles. The van der Waals surface area contributed by atoms with Crippen LogP contribution in [0.15, 0.2) is 36.7 Å². The maximum atomic E-state index is 14.2. The minimum absolute atomic E-state index is 0.0444. The molecule has 22 heavy (non-hydrogen) atoms. The zero-order chi connectivity index (χ0) is 15.4. The van der Waals surface area contributed by atoms with E-state index in [9.17, 15) is 4.39 Å². The highest BCUT2D eigenvalue weighted by Crippen LogP contribution is 2.29. The maximum absolute atomic E-state index is 14.2. The maximum Gasteiger partial charge on any atom is 0.186 e. The lowest BCUT2D eigenvalue weighted by Crippen LogP contribution is -2.31. The molecule has 0 saturated carbocycles. The Morgan fingerprint density at radius 2 is 2.09 bits per heavy atom. The van der Waals surface area contributed by atoms with Crippen molar-refractivity contribution in [1.82, 2.24) is 9.97 Å². The predicted molar refractivity (Wildman–Crippen MR) is 83.1 cm³/mol. The molecule has 0 amide bonds. The van der Waals surface area contributed by atoms with E-state index >= 15 is 0 Å². The van der Waals surface area contributed by atoms with Crippen molar-refractivity contribution in [3.8, 4) is 0 Å². The summed E-state index contributed by atoms with van der Waals surface area (Å²) in [6, 6.07) is 10.3. The minimum atomic E-state index is -0.340. The van der Waals surface area contributed by atoms with Gasteiger partial charge in [0.15, 0.2) is 11.6 Å². The Morgan fingerprint density at radius 1 is 1.27 bits per heavy atom. The Bertz CT molecular complexity index is 621. The number of aryl methyl sites for hydroxylation is 1. The Balaban J connectivity index is 1.71. The van der Waals surface area contributed by atoms with Gasteiger partial charge in [0.1, 0.15) is 6.33 Å². The van der Waals surface area contributed by atoms with E-state index in [2.05, 4.69) is 27.4 Å². The molecule has 1 aromatic heterocycles. The van der Waals surface area contributed by atoms with E-state index < -0.39 is 0 Å². The fourth-order valence-electron chi connectivity index (χ4n) is 2.77. The van der Waals surface area contributed by atoms with Gasteiger partial charge in [0.2, 0.25) is 0 Å². The van der Waals surface area contributed by atoms with Crippen molar-refractivity contribution in [1.29, 1.82) is 0 Å². The van der Waals surface area contributed by atoms with E-state index in [1.165, 1.54) is 6.33 Å². The Kier molecular flexibility index (Phi) is 4.63. The van der Waals surface area contributed by atoms with Gasteiger partial charge >= 0.3 is 0 Å². The number of ether oxygens (including phenoxy) is 1. The van der Waals surface area contributed by atoms with Crippen LogP contribution in [0, 0.1) is 5.82 Å². The molecule has 1 aliphatic heterocycles. The molecule has 2 atom stereocenters. The number of nitrogens with zero attached hydrogens (tertiary/aromatic N) is 2. The molecular formula is C17H20FN3O. The van der Waals surface area contributed by atoms with Crippen LogP contribution >= 0.6 is 0 Å². The minimum Gasteiger partial charge on any atom is -0.373 e. The number of benzene rings is 1. The fourth-order valence-corrected chi connectivity index (χ4v) is 2.77. The van der Waals surface area contributed by atoms with Crippen LogP contribution in [0.5, 0.6) is 0 Å². The largest absolute Gasteiger partial charge is 0.373 e. The zero-order valence-electron chi connectivity index (χ0n) is 12.6. The van der Waals surface area contributed by atoms with E-state index in [-0.39, 0.29) is 18.0 Å². The smallest absolute Gasteiger partial charge is 0.186 e. The van der Waals surface area contributed by atoms with Crippen LogP contribution in [0.25, 0.3) is 0 Å². The van der Waals surface area contributed by atoms with Gasteiger partial charge in [-0.3, -0.25) is 0 Å². The molecule has 1 N–H and O–H groups in total. The molecule has 0 radical (unpaired) electrons. The first-order valence-electron chi connectivity index (χ1n) is 7.70. The average Bonchev–Trinajstić information content (AvgIpc) is 2.58. The third-order valence-electron chi connectivity index (χ3n) is 3.99. The second-order valence-electron chi connectivity index (χ2n) is 5.47. The molecule has 5 heteroatoms. The van der Waals surface area contributed by atoms with Crippen molar-refractivity contribution in [2.75, 3.05) is 11.9 Å². The first-order valence-corrected chi connectivity index (χ1v) is 7.70. The van der Waals surface area contributed by atoms with Crippen molar-refractivity contribution < 1.29 is 9.13 Å². The van der Waals surface area contributed by atoms with Gasteiger partial charge in [0.05, 0.1) is 11.8 Å². The molecule has 1 fully saturated rings. The number of hydrogen-bond donors (Lipinski definition) is 1. The lowest BCUT2D eigenvalue weighted by Gasteiger charge is -2.30.